The fourth-order valence-electron chi connectivity index (χ4n) is 5.50. The minimum Gasteiger partial charge on any atom is -0.487 e. The lowest BCUT2D eigenvalue weighted by Crippen LogP contribution is -2.65. The Bertz CT molecular complexity index is 1460. The molecule has 2 N–H and O–H groups in total. The van der Waals surface area contributed by atoms with Crippen LogP contribution in [0.2, 0.25) is 0 Å². The number of aliphatic hydroxyl groups excluding tert-OH is 1. The fourth-order valence-corrected chi connectivity index (χ4v) is 5.50. The number of benzene rings is 2. The molecule has 5 atom stereocenters. The maximum absolute atomic E-state index is 12.9. The van der Waals surface area contributed by atoms with E-state index in [1.165, 1.54) is 7.11 Å². The Morgan fingerprint density at radius 3 is 2.55 bits per heavy atom. The van der Waals surface area contributed by atoms with Gasteiger partial charge in [0.05, 0.1) is 11.0 Å². The van der Waals surface area contributed by atoms with Gasteiger partial charge in [-0.2, -0.15) is 0 Å². The Hall–Kier alpha value is -3.48. The Morgan fingerprint density at radius 1 is 1.12 bits per heavy atom. The number of carboxylic acids is 1. The zero-order chi connectivity index (χ0) is 30.0. The molecular weight excluding hydrogens is 548 g/mol. The van der Waals surface area contributed by atoms with Gasteiger partial charge in [-0.1, -0.05) is 30.3 Å². The van der Waals surface area contributed by atoms with Crippen molar-refractivity contribution in [2.24, 2.45) is 0 Å². The van der Waals surface area contributed by atoms with E-state index in [0.717, 1.165) is 18.4 Å². The average Bonchev–Trinajstić information content (AvgIpc) is 2.96. The van der Waals surface area contributed by atoms with Crippen LogP contribution in [0.3, 0.4) is 0 Å². The van der Waals surface area contributed by atoms with Crippen molar-refractivity contribution in [2.45, 2.75) is 83.1 Å². The monoisotopic (exact) mass is 584 g/mol. The van der Waals surface area contributed by atoms with Gasteiger partial charge in [-0.3, -0.25) is 0 Å². The second-order valence-corrected chi connectivity index (χ2v) is 11.0. The maximum Gasteiger partial charge on any atom is 0.354 e. The largest absolute Gasteiger partial charge is 0.487 e. The van der Waals surface area contributed by atoms with Crippen molar-refractivity contribution >= 4 is 16.9 Å². The number of hydrogen-bond acceptors (Lipinski definition) is 10. The first kappa shape index (κ1) is 30.0. The summed E-state index contributed by atoms with van der Waals surface area (Å²) in [6, 6.07) is 12.4. The van der Waals surface area contributed by atoms with E-state index in [1.54, 1.807) is 32.9 Å². The molecule has 2 aromatic carbocycles. The van der Waals surface area contributed by atoms with Gasteiger partial charge < -0.3 is 43.1 Å². The zero-order valence-electron chi connectivity index (χ0n) is 24.0. The van der Waals surface area contributed by atoms with Gasteiger partial charge in [0.1, 0.15) is 30.1 Å². The normalized spacial score (nSPS) is 25.7. The molecule has 1 unspecified atom stereocenters. The molecule has 3 heterocycles. The van der Waals surface area contributed by atoms with Crippen molar-refractivity contribution < 1.29 is 47.8 Å². The number of aliphatic hydroxyl groups is 1. The molecular formula is C31H36O11. The lowest BCUT2D eigenvalue weighted by atomic mass is 9.89. The van der Waals surface area contributed by atoms with Crippen molar-refractivity contribution in [3.05, 3.63) is 69.6 Å². The van der Waals surface area contributed by atoms with Crippen LogP contribution in [0.25, 0.3) is 11.0 Å². The van der Waals surface area contributed by atoms with E-state index >= 15 is 0 Å². The van der Waals surface area contributed by atoms with Gasteiger partial charge in [-0.25, -0.2) is 9.59 Å². The van der Waals surface area contributed by atoms with Crippen LogP contribution < -0.4 is 15.1 Å². The van der Waals surface area contributed by atoms with Crippen molar-refractivity contribution in [1.82, 2.24) is 0 Å². The molecule has 0 spiro atoms. The summed E-state index contributed by atoms with van der Waals surface area (Å²) in [5.41, 5.74) is -1.29. The van der Waals surface area contributed by atoms with E-state index in [9.17, 15) is 19.8 Å². The summed E-state index contributed by atoms with van der Waals surface area (Å²) in [5, 5.41) is 21.4. The SMILES string of the molecule is CO[C@@H]1[C@H](O)[C@@H](OC2CCCCO2)[C@H](Oc2ccc3c(OCc4ccccc4)c(C(=O)O)c(=O)oc3c2C)OC1(C)C. The fraction of sp³-hybridized carbons (Fsp3) is 0.484. The van der Waals surface area contributed by atoms with Gasteiger partial charge in [0.2, 0.25) is 6.29 Å². The Kier molecular flexibility index (Phi) is 8.86. The Morgan fingerprint density at radius 2 is 1.88 bits per heavy atom. The van der Waals surface area contributed by atoms with Gasteiger partial charge in [-0.05, 0) is 57.7 Å². The van der Waals surface area contributed by atoms with E-state index in [2.05, 4.69) is 0 Å². The summed E-state index contributed by atoms with van der Waals surface area (Å²) < 4.78 is 41.5. The molecule has 42 heavy (non-hydrogen) atoms. The summed E-state index contributed by atoms with van der Waals surface area (Å²) in [4.78, 5) is 24.9. The second-order valence-electron chi connectivity index (χ2n) is 11.0. The lowest BCUT2D eigenvalue weighted by Gasteiger charge is -2.48. The van der Waals surface area contributed by atoms with Gasteiger partial charge in [0.25, 0.3) is 0 Å². The molecule has 2 aliphatic heterocycles. The Labute approximate surface area is 242 Å². The van der Waals surface area contributed by atoms with Gasteiger partial charge in [0, 0.05) is 19.3 Å². The third-order valence-corrected chi connectivity index (χ3v) is 7.63. The topological polar surface area (TPSA) is 143 Å². The van der Waals surface area contributed by atoms with E-state index in [-0.39, 0.29) is 23.7 Å². The lowest BCUT2D eigenvalue weighted by molar-refractivity contribution is -0.339. The van der Waals surface area contributed by atoms with Crippen LogP contribution in [-0.4, -0.2) is 66.4 Å². The van der Waals surface area contributed by atoms with Crippen molar-refractivity contribution in [3.8, 4) is 11.5 Å². The molecule has 5 rings (SSSR count). The second kappa shape index (κ2) is 12.4. The third kappa shape index (κ3) is 6.02. The molecule has 0 aliphatic carbocycles. The smallest absolute Gasteiger partial charge is 0.354 e. The minimum atomic E-state index is -1.46. The predicted molar refractivity (Wildman–Crippen MR) is 150 cm³/mol. The zero-order valence-corrected chi connectivity index (χ0v) is 24.0. The number of carbonyl (C=O) groups is 1. The van der Waals surface area contributed by atoms with Crippen LogP contribution in [0.1, 0.15) is 54.6 Å². The van der Waals surface area contributed by atoms with Crippen LogP contribution in [0.4, 0.5) is 0 Å². The van der Waals surface area contributed by atoms with E-state index in [0.29, 0.717) is 24.0 Å². The van der Waals surface area contributed by atoms with Crippen LogP contribution in [0.5, 0.6) is 11.5 Å². The van der Waals surface area contributed by atoms with Crippen LogP contribution in [0, 0.1) is 6.92 Å². The van der Waals surface area contributed by atoms with E-state index in [1.807, 2.05) is 30.3 Å². The van der Waals surface area contributed by atoms with Crippen LogP contribution in [-0.2, 0) is 25.6 Å². The van der Waals surface area contributed by atoms with Crippen LogP contribution >= 0.6 is 0 Å². The highest BCUT2D eigenvalue weighted by Crippen LogP contribution is 2.39. The quantitative estimate of drug-likeness (QED) is 0.350. The van der Waals surface area contributed by atoms with Gasteiger partial charge in [0.15, 0.2) is 23.7 Å². The number of aryl methyl sites for hydroxylation is 1. The molecule has 11 heteroatoms. The third-order valence-electron chi connectivity index (χ3n) is 7.63. The molecule has 0 radical (unpaired) electrons. The minimum absolute atomic E-state index is 0.0444. The number of ether oxygens (including phenoxy) is 6. The molecule has 0 amide bonds. The molecule has 0 saturated carbocycles. The van der Waals surface area contributed by atoms with E-state index < -0.39 is 53.7 Å². The molecule has 2 fully saturated rings. The molecule has 1 aromatic heterocycles. The first-order valence-corrected chi connectivity index (χ1v) is 13.9. The molecule has 2 saturated heterocycles. The standard InChI is InChI=1S/C31H36O11/c1-17-20(39-30-26(40-21-12-8-9-15-37-21)23(32)27(36-4)31(2,3)42-30)14-13-19-24(17)41-29(35)22(28(33)34)25(19)38-16-18-10-6-5-7-11-18/h5-7,10-11,13-14,21,23,26-27,30,32H,8-9,12,15-16H2,1-4H3,(H,33,34)/t21?,23-,26-,27-,30-/m1/s1. The van der Waals surface area contributed by atoms with E-state index in [4.69, 9.17) is 32.8 Å². The van der Waals surface area contributed by atoms with Gasteiger partial charge in [-0.15, -0.1) is 0 Å². The first-order chi connectivity index (χ1) is 20.1. The van der Waals surface area contributed by atoms with Crippen molar-refractivity contribution in [2.75, 3.05) is 13.7 Å². The molecule has 226 valence electrons. The Balaban J connectivity index is 1.50. The number of rotatable bonds is 9. The van der Waals surface area contributed by atoms with Crippen molar-refractivity contribution in [3.63, 3.8) is 0 Å². The molecule has 2 aliphatic rings. The number of carboxylic acid groups (broad SMARTS) is 1. The number of fused-ring (bicyclic) bond motifs is 1. The highest BCUT2D eigenvalue weighted by Gasteiger charge is 2.52. The maximum atomic E-state index is 12.9. The molecule has 0 bridgehead atoms. The highest BCUT2D eigenvalue weighted by atomic mass is 16.7. The predicted octanol–water partition coefficient (Wildman–Crippen LogP) is 4.18. The summed E-state index contributed by atoms with van der Waals surface area (Å²) in [5.74, 6) is -1.28. The number of aromatic carboxylic acids is 1. The first-order valence-electron chi connectivity index (χ1n) is 13.9. The average molecular weight is 585 g/mol. The summed E-state index contributed by atoms with van der Waals surface area (Å²) >= 11 is 0. The summed E-state index contributed by atoms with van der Waals surface area (Å²) in [7, 11) is 1.49. The summed E-state index contributed by atoms with van der Waals surface area (Å²) in [6.45, 7) is 5.83. The number of methoxy groups -OCH3 is 1. The molecule has 3 aromatic rings. The van der Waals surface area contributed by atoms with Gasteiger partial charge >= 0.3 is 11.6 Å². The number of hydrogen-bond donors (Lipinski definition) is 2. The van der Waals surface area contributed by atoms with Crippen LogP contribution in [0.15, 0.2) is 51.7 Å². The van der Waals surface area contributed by atoms with Crippen molar-refractivity contribution in [1.29, 1.82) is 0 Å². The highest BCUT2D eigenvalue weighted by molar-refractivity contribution is 5.99. The summed E-state index contributed by atoms with van der Waals surface area (Å²) in [6.07, 6.45) is -1.89. The molecule has 11 nitrogen and oxygen atoms in total.